The van der Waals surface area contributed by atoms with Gasteiger partial charge in [-0.25, -0.2) is 22.7 Å². The van der Waals surface area contributed by atoms with Crippen molar-refractivity contribution in [2.24, 2.45) is 0 Å². The fourth-order valence-electron chi connectivity index (χ4n) is 1.95. The molecule has 0 aliphatic rings. The zero-order valence-electron chi connectivity index (χ0n) is 10.6. The Labute approximate surface area is 114 Å². The summed E-state index contributed by atoms with van der Waals surface area (Å²) in [5, 5.41) is 9.13. The Balaban J connectivity index is 2.45. The van der Waals surface area contributed by atoms with Gasteiger partial charge in [-0.05, 0) is 12.1 Å². The zero-order chi connectivity index (χ0) is 14.9. The molecule has 1 heterocycles. The summed E-state index contributed by atoms with van der Waals surface area (Å²) in [6.45, 7) is 0.0375. The number of benzene rings is 1. The van der Waals surface area contributed by atoms with Gasteiger partial charge >= 0.3 is 11.7 Å². The molecule has 0 fully saturated rings. The van der Waals surface area contributed by atoms with Crippen molar-refractivity contribution in [3.05, 3.63) is 34.2 Å². The molecule has 1 aromatic carbocycles. The number of hydrogen-bond donors (Lipinski definition) is 3. The molecule has 1 aromatic heterocycles. The maximum Gasteiger partial charge on any atom is 0.337 e. The smallest absolute Gasteiger partial charge is 0.337 e. The first-order valence-electron chi connectivity index (χ1n) is 5.69. The molecule has 0 saturated carbocycles. The van der Waals surface area contributed by atoms with E-state index >= 15 is 0 Å². The van der Waals surface area contributed by atoms with Crippen LogP contribution in [0.2, 0.25) is 0 Å². The van der Waals surface area contributed by atoms with Gasteiger partial charge in [0, 0.05) is 13.1 Å². The first-order valence-corrected chi connectivity index (χ1v) is 7.58. The van der Waals surface area contributed by atoms with Crippen molar-refractivity contribution in [3.8, 4) is 0 Å². The molecule has 108 valence electrons. The average molecular weight is 299 g/mol. The van der Waals surface area contributed by atoms with Gasteiger partial charge in [0.1, 0.15) is 0 Å². The average Bonchev–Trinajstić information content (AvgIpc) is 2.64. The summed E-state index contributed by atoms with van der Waals surface area (Å²) in [7, 11) is -3.36. The van der Waals surface area contributed by atoms with E-state index in [-0.39, 0.29) is 24.2 Å². The number of carboxylic acids is 1. The number of sulfonamides is 1. The summed E-state index contributed by atoms with van der Waals surface area (Å²) >= 11 is 0. The van der Waals surface area contributed by atoms with Gasteiger partial charge in [-0.15, -0.1) is 0 Å². The van der Waals surface area contributed by atoms with E-state index in [0.29, 0.717) is 5.52 Å². The Morgan fingerprint density at radius 2 is 2.15 bits per heavy atom. The summed E-state index contributed by atoms with van der Waals surface area (Å²) in [5.74, 6) is -1.15. The minimum absolute atomic E-state index is 0.000351. The van der Waals surface area contributed by atoms with Gasteiger partial charge in [0.15, 0.2) is 0 Å². The normalized spacial score (nSPS) is 11.8. The minimum atomic E-state index is -3.36. The van der Waals surface area contributed by atoms with Crippen LogP contribution in [0.1, 0.15) is 10.4 Å². The molecule has 0 amide bonds. The summed E-state index contributed by atoms with van der Waals surface area (Å²) in [6.07, 6.45) is 1.01. The molecule has 8 nitrogen and oxygen atoms in total. The van der Waals surface area contributed by atoms with Crippen LogP contribution >= 0.6 is 0 Å². The predicted octanol–water partition coefficient (Wildman–Crippen LogP) is -0.423. The van der Waals surface area contributed by atoms with Crippen molar-refractivity contribution in [2.45, 2.75) is 6.54 Å². The number of hydrogen-bond acceptors (Lipinski definition) is 4. The molecule has 2 rings (SSSR count). The molecule has 0 spiro atoms. The second kappa shape index (κ2) is 5.10. The maximum atomic E-state index is 11.8. The van der Waals surface area contributed by atoms with Gasteiger partial charge in [-0.1, -0.05) is 6.07 Å². The largest absolute Gasteiger partial charge is 0.478 e. The van der Waals surface area contributed by atoms with Crippen molar-refractivity contribution in [3.63, 3.8) is 0 Å². The van der Waals surface area contributed by atoms with Crippen LogP contribution in [0.4, 0.5) is 0 Å². The van der Waals surface area contributed by atoms with Gasteiger partial charge in [-0.2, -0.15) is 0 Å². The number of aromatic amines is 1. The second-order valence-electron chi connectivity index (χ2n) is 4.26. The molecule has 3 N–H and O–H groups in total. The van der Waals surface area contributed by atoms with Crippen LogP contribution in [0.3, 0.4) is 0 Å². The molecule has 0 atom stereocenters. The first kappa shape index (κ1) is 14.3. The van der Waals surface area contributed by atoms with E-state index in [0.717, 1.165) is 6.26 Å². The molecular formula is C11H13N3O5S. The molecule has 0 unspecified atom stereocenters. The topological polar surface area (TPSA) is 121 Å². The van der Waals surface area contributed by atoms with E-state index in [4.69, 9.17) is 5.11 Å². The number of H-pyrrole nitrogens is 1. The lowest BCUT2D eigenvalue weighted by atomic mass is 10.2. The third kappa shape index (κ3) is 2.89. The Morgan fingerprint density at radius 1 is 1.45 bits per heavy atom. The molecule has 2 aromatic rings. The van der Waals surface area contributed by atoms with Gasteiger partial charge in [-0.3, -0.25) is 4.57 Å². The molecular weight excluding hydrogens is 286 g/mol. The molecule has 9 heteroatoms. The van der Waals surface area contributed by atoms with E-state index in [1.165, 1.54) is 16.7 Å². The Morgan fingerprint density at radius 3 is 2.75 bits per heavy atom. The Kier molecular flexibility index (Phi) is 3.64. The fourth-order valence-corrected chi connectivity index (χ4v) is 2.41. The van der Waals surface area contributed by atoms with Crippen molar-refractivity contribution >= 4 is 27.0 Å². The highest BCUT2D eigenvalue weighted by Crippen LogP contribution is 2.15. The highest BCUT2D eigenvalue weighted by Gasteiger charge is 2.15. The number of carboxylic acid groups (broad SMARTS) is 1. The third-order valence-electron chi connectivity index (χ3n) is 2.72. The zero-order valence-corrected chi connectivity index (χ0v) is 11.4. The summed E-state index contributed by atoms with van der Waals surface area (Å²) in [6, 6.07) is 4.50. The lowest BCUT2D eigenvalue weighted by molar-refractivity contribution is 0.0698. The fraction of sp³-hybridized carbons (Fsp3) is 0.273. The number of imidazole rings is 1. The lowest BCUT2D eigenvalue weighted by Crippen LogP contribution is -2.29. The number of nitrogens with one attached hydrogen (secondary N) is 2. The van der Waals surface area contributed by atoms with E-state index in [1.54, 1.807) is 6.07 Å². The van der Waals surface area contributed by atoms with Crippen molar-refractivity contribution in [1.29, 1.82) is 0 Å². The van der Waals surface area contributed by atoms with Crippen LogP contribution < -0.4 is 10.4 Å². The number of aromatic nitrogens is 2. The number of carbonyl (C=O) groups is 1. The first-order chi connectivity index (χ1) is 9.29. The Hall–Kier alpha value is -2.13. The standard InChI is InChI=1S/C11H13N3O5S/c1-20(18,19)12-5-6-14-9-7(10(15)16)3-2-4-8(9)13-11(14)17/h2-4,12H,5-6H2,1H3,(H,13,17)(H,15,16). The van der Waals surface area contributed by atoms with Crippen LogP contribution in [-0.2, 0) is 16.6 Å². The number of fused-ring (bicyclic) bond motifs is 1. The minimum Gasteiger partial charge on any atom is -0.478 e. The van der Waals surface area contributed by atoms with Crippen molar-refractivity contribution in [1.82, 2.24) is 14.3 Å². The van der Waals surface area contributed by atoms with Crippen LogP contribution in [0.25, 0.3) is 11.0 Å². The molecule has 0 aliphatic heterocycles. The van der Waals surface area contributed by atoms with Crippen LogP contribution in [0, 0.1) is 0 Å². The highest BCUT2D eigenvalue weighted by molar-refractivity contribution is 7.88. The Bertz CT molecular complexity index is 818. The van der Waals surface area contributed by atoms with E-state index in [1.807, 2.05) is 0 Å². The quantitative estimate of drug-likeness (QED) is 0.692. The third-order valence-corrected chi connectivity index (χ3v) is 3.45. The van der Waals surface area contributed by atoms with Gasteiger partial charge < -0.3 is 10.1 Å². The lowest BCUT2D eigenvalue weighted by Gasteiger charge is -2.06. The van der Waals surface area contributed by atoms with Gasteiger partial charge in [0.25, 0.3) is 0 Å². The van der Waals surface area contributed by atoms with Crippen LogP contribution in [0.15, 0.2) is 23.0 Å². The summed E-state index contributed by atoms with van der Waals surface area (Å²) < 4.78 is 25.4. The number of aromatic carboxylic acids is 1. The SMILES string of the molecule is CS(=O)(=O)NCCn1c(=O)[nH]c2cccc(C(=O)O)c21. The van der Waals surface area contributed by atoms with Crippen molar-refractivity contribution < 1.29 is 18.3 Å². The maximum absolute atomic E-state index is 11.8. The van der Waals surface area contributed by atoms with Crippen LogP contribution in [-0.4, -0.2) is 41.8 Å². The number of nitrogens with zero attached hydrogens (tertiary/aromatic N) is 1. The molecule has 0 radical (unpaired) electrons. The highest BCUT2D eigenvalue weighted by atomic mass is 32.2. The number of rotatable bonds is 5. The monoisotopic (exact) mass is 299 g/mol. The van der Waals surface area contributed by atoms with Gasteiger partial charge in [0.05, 0.1) is 22.9 Å². The van der Waals surface area contributed by atoms with Crippen molar-refractivity contribution in [2.75, 3.05) is 12.8 Å². The summed E-state index contributed by atoms with van der Waals surface area (Å²) in [5.41, 5.74) is 0.152. The van der Waals surface area contributed by atoms with E-state index < -0.39 is 21.7 Å². The molecule has 0 aliphatic carbocycles. The van der Waals surface area contributed by atoms with E-state index in [9.17, 15) is 18.0 Å². The second-order valence-corrected chi connectivity index (χ2v) is 6.09. The number of para-hydroxylation sites is 1. The van der Waals surface area contributed by atoms with Gasteiger partial charge in [0.2, 0.25) is 10.0 Å². The molecule has 0 saturated heterocycles. The molecule has 20 heavy (non-hydrogen) atoms. The predicted molar refractivity (Wildman–Crippen MR) is 72.4 cm³/mol. The summed E-state index contributed by atoms with van der Waals surface area (Å²) in [4.78, 5) is 25.5. The molecule has 0 bridgehead atoms. The van der Waals surface area contributed by atoms with Crippen LogP contribution in [0.5, 0.6) is 0 Å². The van der Waals surface area contributed by atoms with E-state index in [2.05, 4.69) is 9.71 Å².